The Morgan fingerprint density at radius 3 is 2.67 bits per heavy atom. The maximum Gasteiger partial charge on any atom is 0.317 e. The first-order valence-electron chi connectivity index (χ1n) is 7.51. The van der Waals surface area contributed by atoms with Gasteiger partial charge in [-0.15, -0.1) is 0 Å². The number of urea groups is 1. The fourth-order valence-electron chi connectivity index (χ4n) is 3.32. The smallest absolute Gasteiger partial charge is 0.317 e. The molecule has 2 atom stereocenters. The molecule has 0 spiro atoms. The molecule has 0 aromatic carbocycles. The summed E-state index contributed by atoms with van der Waals surface area (Å²) in [5.41, 5.74) is 5.83. The molecule has 1 saturated heterocycles. The van der Waals surface area contributed by atoms with E-state index in [1.165, 1.54) is 19.3 Å². The van der Waals surface area contributed by atoms with Crippen LogP contribution in [0.15, 0.2) is 0 Å². The monoisotopic (exact) mass is 253 g/mol. The van der Waals surface area contributed by atoms with Gasteiger partial charge in [-0.2, -0.15) is 0 Å². The van der Waals surface area contributed by atoms with Crippen LogP contribution in [0.25, 0.3) is 0 Å². The highest BCUT2D eigenvalue weighted by Gasteiger charge is 2.31. The first-order valence-corrected chi connectivity index (χ1v) is 7.51. The van der Waals surface area contributed by atoms with Crippen LogP contribution in [0.5, 0.6) is 0 Å². The summed E-state index contributed by atoms with van der Waals surface area (Å²) in [6.07, 6.45) is 8.20. The average molecular weight is 253 g/mol. The molecule has 2 fully saturated rings. The number of hydrogen-bond acceptors (Lipinski definition) is 2. The van der Waals surface area contributed by atoms with Gasteiger partial charge in [0.25, 0.3) is 0 Å². The summed E-state index contributed by atoms with van der Waals surface area (Å²) in [5, 5.41) is 3.18. The maximum atomic E-state index is 12.3. The second-order valence-corrected chi connectivity index (χ2v) is 5.81. The van der Waals surface area contributed by atoms with Gasteiger partial charge in [-0.3, -0.25) is 0 Å². The van der Waals surface area contributed by atoms with Crippen molar-refractivity contribution in [1.82, 2.24) is 10.2 Å². The minimum atomic E-state index is 0.118. The van der Waals surface area contributed by atoms with Crippen molar-refractivity contribution in [2.75, 3.05) is 13.1 Å². The highest BCUT2D eigenvalue weighted by atomic mass is 16.2. The number of likely N-dealkylation sites (tertiary alicyclic amines) is 1. The Morgan fingerprint density at radius 1 is 1.33 bits per heavy atom. The number of carbonyl (C=O) groups excluding carboxylic acids is 1. The molecule has 2 aliphatic rings. The third-order valence-corrected chi connectivity index (χ3v) is 4.62. The molecule has 0 bridgehead atoms. The standard InChI is InChI=1S/C14H27N3O/c1-2-11-7-8-17(13(9-11)10-15)14(18)16-12-5-3-4-6-12/h11-13H,2-10,15H2,1H3,(H,16,18). The van der Waals surface area contributed by atoms with Gasteiger partial charge >= 0.3 is 6.03 Å². The number of carbonyl (C=O) groups is 1. The average Bonchev–Trinajstić information content (AvgIpc) is 2.90. The molecule has 2 rings (SSSR count). The van der Waals surface area contributed by atoms with Crippen molar-refractivity contribution < 1.29 is 4.79 Å². The zero-order valence-corrected chi connectivity index (χ0v) is 11.5. The fourth-order valence-corrected chi connectivity index (χ4v) is 3.32. The van der Waals surface area contributed by atoms with E-state index in [1.54, 1.807) is 0 Å². The van der Waals surface area contributed by atoms with Gasteiger partial charge in [0.2, 0.25) is 0 Å². The fraction of sp³-hybridized carbons (Fsp3) is 0.929. The summed E-state index contributed by atoms with van der Waals surface area (Å²) in [5.74, 6) is 0.745. The number of hydrogen-bond donors (Lipinski definition) is 2. The molecule has 104 valence electrons. The quantitative estimate of drug-likeness (QED) is 0.809. The number of rotatable bonds is 3. The van der Waals surface area contributed by atoms with Crippen LogP contribution in [0.2, 0.25) is 0 Å². The van der Waals surface area contributed by atoms with E-state index >= 15 is 0 Å². The van der Waals surface area contributed by atoms with Crippen LogP contribution in [-0.4, -0.2) is 36.1 Å². The lowest BCUT2D eigenvalue weighted by Crippen LogP contribution is -2.54. The van der Waals surface area contributed by atoms with Gasteiger partial charge in [0.1, 0.15) is 0 Å². The van der Waals surface area contributed by atoms with Gasteiger partial charge in [0.15, 0.2) is 0 Å². The van der Waals surface area contributed by atoms with Crippen LogP contribution < -0.4 is 11.1 Å². The molecule has 2 unspecified atom stereocenters. The van der Waals surface area contributed by atoms with E-state index in [0.717, 1.165) is 38.1 Å². The molecule has 4 heteroatoms. The molecular formula is C14H27N3O. The molecule has 1 saturated carbocycles. The maximum absolute atomic E-state index is 12.3. The molecule has 2 amide bonds. The summed E-state index contributed by atoms with van der Waals surface area (Å²) in [6, 6.07) is 0.761. The van der Waals surface area contributed by atoms with Crippen LogP contribution in [0.4, 0.5) is 4.79 Å². The minimum absolute atomic E-state index is 0.118. The molecule has 4 nitrogen and oxygen atoms in total. The third kappa shape index (κ3) is 3.16. The van der Waals surface area contributed by atoms with Crippen LogP contribution >= 0.6 is 0 Å². The number of piperidine rings is 1. The van der Waals surface area contributed by atoms with Crippen LogP contribution in [0.1, 0.15) is 51.9 Å². The van der Waals surface area contributed by atoms with Crippen molar-refractivity contribution in [3.8, 4) is 0 Å². The summed E-state index contributed by atoms with van der Waals surface area (Å²) >= 11 is 0. The summed E-state index contributed by atoms with van der Waals surface area (Å²) in [6.45, 7) is 3.69. The van der Waals surface area contributed by atoms with E-state index < -0.39 is 0 Å². The molecule has 3 N–H and O–H groups in total. The van der Waals surface area contributed by atoms with Gasteiger partial charge < -0.3 is 16.0 Å². The van der Waals surface area contributed by atoms with Gasteiger partial charge in [-0.25, -0.2) is 4.79 Å². The summed E-state index contributed by atoms with van der Waals surface area (Å²) < 4.78 is 0. The largest absolute Gasteiger partial charge is 0.335 e. The molecule has 1 aliphatic heterocycles. The van der Waals surface area contributed by atoms with E-state index in [0.29, 0.717) is 12.6 Å². The third-order valence-electron chi connectivity index (χ3n) is 4.62. The van der Waals surface area contributed by atoms with Crippen LogP contribution in [0, 0.1) is 5.92 Å². The van der Waals surface area contributed by atoms with Gasteiger partial charge in [0.05, 0.1) is 0 Å². The Bertz CT molecular complexity index is 276. The highest BCUT2D eigenvalue weighted by molar-refractivity contribution is 5.75. The molecule has 0 radical (unpaired) electrons. The number of amides is 2. The minimum Gasteiger partial charge on any atom is -0.335 e. The lowest BCUT2D eigenvalue weighted by molar-refractivity contribution is 0.126. The second-order valence-electron chi connectivity index (χ2n) is 5.81. The van der Waals surface area contributed by atoms with Crippen molar-refractivity contribution in [3.05, 3.63) is 0 Å². The molecular weight excluding hydrogens is 226 g/mol. The topological polar surface area (TPSA) is 58.4 Å². The number of nitrogens with zero attached hydrogens (tertiary/aromatic N) is 1. The Hall–Kier alpha value is -0.770. The van der Waals surface area contributed by atoms with E-state index in [9.17, 15) is 4.79 Å². The number of nitrogens with two attached hydrogens (primary N) is 1. The van der Waals surface area contributed by atoms with Crippen molar-refractivity contribution in [1.29, 1.82) is 0 Å². The summed E-state index contributed by atoms with van der Waals surface area (Å²) in [4.78, 5) is 14.3. The predicted molar refractivity (Wildman–Crippen MR) is 73.4 cm³/mol. The van der Waals surface area contributed by atoms with Gasteiger partial charge in [0, 0.05) is 25.2 Å². The Morgan fingerprint density at radius 2 is 2.06 bits per heavy atom. The first kappa shape index (κ1) is 13.7. The van der Waals surface area contributed by atoms with E-state index in [4.69, 9.17) is 5.73 Å². The number of nitrogens with one attached hydrogen (secondary N) is 1. The zero-order chi connectivity index (χ0) is 13.0. The molecule has 0 aromatic heterocycles. The Kier molecular flexibility index (Phi) is 4.87. The highest BCUT2D eigenvalue weighted by Crippen LogP contribution is 2.25. The molecule has 1 heterocycles. The van der Waals surface area contributed by atoms with Crippen LogP contribution in [0.3, 0.4) is 0 Å². The second kappa shape index (κ2) is 6.41. The van der Waals surface area contributed by atoms with E-state index in [2.05, 4.69) is 12.2 Å². The van der Waals surface area contributed by atoms with Gasteiger partial charge in [-0.05, 0) is 31.6 Å². The lowest BCUT2D eigenvalue weighted by atomic mass is 9.89. The van der Waals surface area contributed by atoms with E-state index in [1.807, 2.05) is 4.90 Å². The van der Waals surface area contributed by atoms with Crippen molar-refractivity contribution >= 4 is 6.03 Å². The molecule has 0 aromatic rings. The molecule has 1 aliphatic carbocycles. The van der Waals surface area contributed by atoms with Crippen molar-refractivity contribution in [3.63, 3.8) is 0 Å². The lowest BCUT2D eigenvalue weighted by Gasteiger charge is -2.39. The van der Waals surface area contributed by atoms with Crippen molar-refractivity contribution in [2.45, 2.75) is 64.0 Å². The first-order chi connectivity index (χ1) is 8.74. The van der Waals surface area contributed by atoms with Crippen LogP contribution in [-0.2, 0) is 0 Å². The van der Waals surface area contributed by atoms with E-state index in [-0.39, 0.29) is 12.1 Å². The summed E-state index contributed by atoms with van der Waals surface area (Å²) in [7, 11) is 0. The van der Waals surface area contributed by atoms with Crippen molar-refractivity contribution in [2.24, 2.45) is 11.7 Å². The van der Waals surface area contributed by atoms with Gasteiger partial charge in [-0.1, -0.05) is 26.2 Å². The zero-order valence-electron chi connectivity index (χ0n) is 11.5. The molecule has 18 heavy (non-hydrogen) atoms. The normalized spacial score (nSPS) is 29.6. The Labute approximate surface area is 110 Å². The Balaban J connectivity index is 1.87. The predicted octanol–water partition coefficient (Wildman–Crippen LogP) is 2.09. The SMILES string of the molecule is CCC1CCN(C(=O)NC2CCCC2)C(CN)C1.